The summed E-state index contributed by atoms with van der Waals surface area (Å²) in [6.45, 7) is 6.93. The van der Waals surface area contributed by atoms with Crippen molar-refractivity contribution in [3.63, 3.8) is 0 Å². The highest BCUT2D eigenvalue weighted by Gasteiger charge is 2.31. The first-order chi connectivity index (χ1) is 9.58. The van der Waals surface area contributed by atoms with Gasteiger partial charge in [0.15, 0.2) is 0 Å². The maximum absolute atomic E-state index is 12.0. The van der Waals surface area contributed by atoms with E-state index in [0.717, 1.165) is 25.7 Å². The minimum atomic E-state index is -0.752. The van der Waals surface area contributed by atoms with E-state index in [9.17, 15) is 9.59 Å². The molecule has 114 valence electrons. The molecule has 2 N–H and O–H groups in total. The molecule has 20 heavy (non-hydrogen) atoms. The molecule has 0 aromatic carbocycles. The number of hydrogen-bond donors (Lipinski definition) is 2. The van der Waals surface area contributed by atoms with Crippen LogP contribution < -0.4 is 5.32 Å². The Balaban J connectivity index is 2.24. The van der Waals surface area contributed by atoms with E-state index in [4.69, 9.17) is 5.11 Å². The molecule has 0 bridgehead atoms. The summed E-state index contributed by atoms with van der Waals surface area (Å²) in [7, 11) is 0. The molecule has 1 saturated carbocycles. The largest absolute Gasteiger partial charge is 0.481 e. The van der Waals surface area contributed by atoms with E-state index < -0.39 is 5.97 Å². The van der Waals surface area contributed by atoms with Crippen molar-refractivity contribution >= 4 is 12.0 Å². The second-order valence-corrected chi connectivity index (χ2v) is 5.40. The Kier molecular flexibility index (Phi) is 7.12. The third kappa shape index (κ3) is 6.08. The fourth-order valence-electron chi connectivity index (χ4n) is 2.29. The second-order valence-electron chi connectivity index (χ2n) is 5.40. The topological polar surface area (TPSA) is 69.6 Å². The molecule has 1 aliphatic carbocycles. The van der Waals surface area contributed by atoms with Crippen molar-refractivity contribution in [1.82, 2.24) is 10.2 Å². The predicted molar refractivity (Wildman–Crippen MR) is 78.6 cm³/mol. The van der Waals surface area contributed by atoms with Crippen LogP contribution in [0.15, 0.2) is 12.7 Å². The number of nitrogens with one attached hydrogen (secondary N) is 1. The molecule has 1 rings (SSSR count). The molecule has 2 amide bonds. The number of nitrogens with zero attached hydrogens (tertiary/aromatic N) is 1. The highest BCUT2D eigenvalue weighted by Crippen LogP contribution is 2.26. The van der Waals surface area contributed by atoms with Gasteiger partial charge in [0, 0.05) is 25.6 Å². The number of aliphatic carboxylic acids is 1. The molecule has 0 saturated heterocycles. The summed E-state index contributed by atoms with van der Waals surface area (Å²) in [5.41, 5.74) is 0. The third-order valence-electron chi connectivity index (χ3n) is 3.75. The normalized spacial score (nSPS) is 15.4. The number of urea groups is 1. The maximum atomic E-state index is 12.0. The molecule has 0 aromatic rings. The molecule has 5 heteroatoms. The van der Waals surface area contributed by atoms with E-state index in [1.165, 1.54) is 0 Å². The summed E-state index contributed by atoms with van der Waals surface area (Å²) in [5.74, 6) is -0.390. The van der Waals surface area contributed by atoms with Crippen LogP contribution >= 0.6 is 0 Å². The number of carboxylic acids is 1. The zero-order chi connectivity index (χ0) is 15.0. The Morgan fingerprint density at radius 3 is 2.65 bits per heavy atom. The van der Waals surface area contributed by atoms with Crippen LogP contribution in [0.5, 0.6) is 0 Å². The van der Waals surface area contributed by atoms with Crippen molar-refractivity contribution in [3.05, 3.63) is 12.7 Å². The monoisotopic (exact) mass is 282 g/mol. The summed E-state index contributed by atoms with van der Waals surface area (Å²) < 4.78 is 0. The summed E-state index contributed by atoms with van der Waals surface area (Å²) in [4.78, 5) is 24.4. The van der Waals surface area contributed by atoms with Crippen molar-refractivity contribution in [2.45, 2.75) is 51.5 Å². The third-order valence-corrected chi connectivity index (χ3v) is 3.75. The van der Waals surface area contributed by atoms with Crippen LogP contribution in [-0.2, 0) is 4.79 Å². The molecule has 0 aliphatic heterocycles. The van der Waals surface area contributed by atoms with Crippen molar-refractivity contribution in [1.29, 1.82) is 0 Å². The molecule has 1 fully saturated rings. The van der Waals surface area contributed by atoms with Gasteiger partial charge in [0.25, 0.3) is 0 Å². The van der Waals surface area contributed by atoms with Gasteiger partial charge >= 0.3 is 12.0 Å². The molecule has 1 unspecified atom stereocenters. The van der Waals surface area contributed by atoms with E-state index in [2.05, 4.69) is 18.8 Å². The molecule has 0 spiro atoms. The van der Waals surface area contributed by atoms with Gasteiger partial charge in [-0.1, -0.05) is 19.4 Å². The zero-order valence-electron chi connectivity index (χ0n) is 12.3. The van der Waals surface area contributed by atoms with Crippen LogP contribution in [0.4, 0.5) is 4.79 Å². The standard InChI is InChI=1S/C15H26N2O3/c1-3-11-17(13-6-7-13)15(20)16-10-9-12(4-2)5-8-14(18)19/h3,12-13H,1,4-11H2,2H3,(H,16,20)(H,18,19). The van der Waals surface area contributed by atoms with Crippen molar-refractivity contribution in [2.75, 3.05) is 13.1 Å². The van der Waals surface area contributed by atoms with E-state index in [1.54, 1.807) is 6.08 Å². The second kappa shape index (κ2) is 8.61. The fraction of sp³-hybridized carbons (Fsp3) is 0.733. The number of amides is 2. The summed E-state index contributed by atoms with van der Waals surface area (Å²) >= 11 is 0. The van der Waals surface area contributed by atoms with E-state index >= 15 is 0 Å². The van der Waals surface area contributed by atoms with Crippen LogP contribution in [0.2, 0.25) is 0 Å². The van der Waals surface area contributed by atoms with Gasteiger partial charge in [-0.2, -0.15) is 0 Å². The molecule has 0 radical (unpaired) electrons. The van der Waals surface area contributed by atoms with Gasteiger partial charge in [-0.25, -0.2) is 4.79 Å². The number of carboxylic acid groups (broad SMARTS) is 1. The van der Waals surface area contributed by atoms with E-state index in [1.807, 2.05) is 4.90 Å². The van der Waals surface area contributed by atoms with Gasteiger partial charge < -0.3 is 15.3 Å². The first-order valence-corrected chi connectivity index (χ1v) is 7.45. The molecule has 0 heterocycles. The number of hydrogen-bond acceptors (Lipinski definition) is 2. The zero-order valence-corrected chi connectivity index (χ0v) is 12.3. The number of carbonyl (C=O) groups is 2. The van der Waals surface area contributed by atoms with Crippen molar-refractivity contribution in [2.24, 2.45) is 5.92 Å². The number of rotatable bonds is 10. The lowest BCUT2D eigenvalue weighted by molar-refractivity contribution is -0.137. The Morgan fingerprint density at radius 1 is 1.45 bits per heavy atom. The van der Waals surface area contributed by atoms with Crippen LogP contribution in [0, 0.1) is 5.92 Å². The van der Waals surface area contributed by atoms with E-state index in [-0.39, 0.29) is 12.5 Å². The molecule has 5 nitrogen and oxygen atoms in total. The lowest BCUT2D eigenvalue weighted by atomic mass is 9.97. The van der Waals surface area contributed by atoms with Gasteiger partial charge in [-0.05, 0) is 31.6 Å². The lowest BCUT2D eigenvalue weighted by Crippen LogP contribution is -2.42. The molecular weight excluding hydrogens is 256 g/mol. The van der Waals surface area contributed by atoms with Gasteiger partial charge in [0.2, 0.25) is 0 Å². The summed E-state index contributed by atoms with van der Waals surface area (Å²) in [6, 6.07) is 0.350. The summed E-state index contributed by atoms with van der Waals surface area (Å²) in [5, 5.41) is 11.6. The van der Waals surface area contributed by atoms with Crippen LogP contribution in [0.1, 0.15) is 45.4 Å². The molecular formula is C15H26N2O3. The Labute approximate surface area is 121 Å². The van der Waals surface area contributed by atoms with Crippen LogP contribution in [-0.4, -0.2) is 41.1 Å². The first kappa shape index (κ1) is 16.5. The fourth-order valence-corrected chi connectivity index (χ4v) is 2.29. The minimum Gasteiger partial charge on any atom is -0.481 e. The van der Waals surface area contributed by atoms with Crippen molar-refractivity contribution < 1.29 is 14.7 Å². The van der Waals surface area contributed by atoms with Crippen LogP contribution in [0.25, 0.3) is 0 Å². The maximum Gasteiger partial charge on any atom is 0.317 e. The average Bonchev–Trinajstić information content (AvgIpc) is 3.23. The molecule has 0 aromatic heterocycles. The molecule has 1 atom stereocenters. The van der Waals surface area contributed by atoms with Gasteiger partial charge in [0.05, 0.1) is 0 Å². The predicted octanol–water partition coefficient (Wildman–Crippen LogP) is 2.63. The number of carbonyl (C=O) groups excluding carboxylic acids is 1. The Morgan fingerprint density at radius 2 is 2.15 bits per heavy atom. The smallest absolute Gasteiger partial charge is 0.317 e. The van der Waals surface area contributed by atoms with Gasteiger partial charge in [0.1, 0.15) is 0 Å². The van der Waals surface area contributed by atoms with Crippen molar-refractivity contribution in [3.8, 4) is 0 Å². The van der Waals surface area contributed by atoms with Crippen LogP contribution in [0.3, 0.4) is 0 Å². The van der Waals surface area contributed by atoms with Gasteiger partial charge in [-0.3, -0.25) is 4.79 Å². The summed E-state index contributed by atoms with van der Waals surface area (Å²) in [6.07, 6.45) is 6.58. The Bertz CT molecular complexity index is 340. The SMILES string of the molecule is C=CCN(C(=O)NCCC(CC)CCC(=O)O)C1CC1. The lowest BCUT2D eigenvalue weighted by Gasteiger charge is -2.22. The highest BCUT2D eigenvalue weighted by molar-refractivity contribution is 5.75. The Hall–Kier alpha value is -1.52. The van der Waals surface area contributed by atoms with Gasteiger partial charge in [-0.15, -0.1) is 6.58 Å². The minimum absolute atomic E-state index is 0.0273. The quantitative estimate of drug-likeness (QED) is 0.605. The first-order valence-electron chi connectivity index (χ1n) is 7.45. The van der Waals surface area contributed by atoms with E-state index in [0.29, 0.717) is 31.5 Å². The average molecular weight is 282 g/mol. The highest BCUT2D eigenvalue weighted by atomic mass is 16.4. The molecule has 1 aliphatic rings.